The van der Waals surface area contributed by atoms with E-state index in [1.807, 2.05) is 0 Å². The number of hydrogen-bond acceptors (Lipinski definition) is 5. The molecular formula is C20H15ClN2O5. The van der Waals surface area contributed by atoms with Crippen LogP contribution in [0, 0.1) is 5.92 Å². The number of amides is 3. The van der Waals surface area contributed by atoms with E-state index in [0.717, 1.165) is 0 Å². The normalized spacial score (nSPS) is 21.3. The molecule has 0 radical (unpaired) electrons. The summed E-state index contributed by atoms with van der Waals surface area (Å²) in [6.45, 7) is 0. The average molecular weight is 399 g/mol. The van der Waals surface area contributed by atoms with Gasteiger partial charge >= 0.3 is 5.97 Å². The monoisotopic (exact) mass is 398 g/mol. The molecule has 142 valence electrons. The lowest BCUT2D eigenvalue weighted by Gasteiger charge is -2.25. The van der Waals surface area contributed by atoms with Crippen LogP contribution in [0.15, 0.2) is 48.5 Å². The molecule has 1 saturated heterocycles. The maximum absolute atomic E-state index is 12.8. The van der Waals surface area contributed by atoms with Gasteiger partial charge in [0, 0.05) is 18.5 Å². The molecule has 0 N–H and O–H groups in total. The Labute approximate surface area is 165 Å². The van der Waals surface area contributed by atoms with Crippen LogP contribution in [0.4, 0.5) is 0 Å². The number of hydrogen-bond donors (Lipinski definition) is 0. The fourth-order valence-electron chi connectivity index (χ4n) is 3.64. The van der Waals surface area contributed by atoms with Crippen molar-refractivity contribution in [3.63, 3.8) is 0 Å². The molecule has 3 amide bonds. The number of likely N-dealkylation sites (tertiary alicyclic amines) is 1. The van der Waals surface area contributed by atoms with Crippen molar-refractivity contribution in [1.82, 2.24) is 9.96 Å². The lowest BCUT2D eigenvalue weighted by molar-refractivity contribution is -0.174. The summed E-state index contributed by atoms with van der Waals surface area (Å²) in [7, 11) is 1.59. The van der Waals surface area contributed by atoms with Gasteiger partial charge < -0.3 is 9.74 Å². The van der Waals surface area contributed by atoms with Crippen LogP contribution in [-0.4, -0.2) is 40.7 Å². The first-order valence-corrected chi connectivity index (χ1v) is 8.97. The summed E-state index contributed by atoms with van der Waals surface area (Å²) in [5.41, 5.74) is 1.02. The largest absolute Gasteiger partial charge is 0.339 e. The number of imide groups is 1. The third kappa shape index (κ3) is 2.84. The Morgan fingerprint density at radius 2 is 1.68 bits per heavy atom. The summed E-state index contributed by atoms with van der Waals surface area (Å²) in [6, 6.07) is 12.5. The number of carbonyl (C=O) groups is 4. The molecule has 1 fully saturated rings. The maximum atomic E-state index is 12.8. The molecule has 2 aliphatic heterocycles. The lowest BCUT2D eigenvalue weighted by Crippen LogP contribution is -2.36. The first kappa shape index (κ1) is 18.2. The van der Waals surface area contributed by atoms with Crippen LogP contribution in [0.3, 0.4) is 0 Å². The van der Waals surface area contributed by atoms with Crippen molar-refractivity contribution in [2.24, 2.45) is 5.92 Å². The van der Waals surface area contributed by atoms with Crippen LogP contribution in [0.25, 0.3) is 0 Å². The number of halogens is 1. The van der Waals surface area contributed by atoms with Gasteiger partial charge in [-0.2, -0.15) is 0 Å². The number of nitrogens with zero attached hydrogens (tertiary/aromatic N) is 2. The van der Waals surface area contributed by atoms with Gasteiger partial charge in [-0.3, -0.25) is 14.4 Å². The minimum Gasteiger partial charge on any atom is -0.338 e. The van der Waals surface area contributed by atoms with Crippen LogP contribution in [0.1, 0.15) is 38.7 Å². The smallest absolute Gasteiger partial charge is 0.338 e. The highest BCUT2D eigenvalue weighted by Gasteiger charge is 2.46. The second-order valence-electron chi connectivity index (χ2n) is 6.68. The van der Waals surface area contributed by atoms with Crippen LogP contribution in [0.5, 0.6) is 0 Å². The topological polar surface area (TPSA) is 84.0 Å². The highest BCUT2D eigenvalue weighted by Crippen LogP contribution is 2.39. The van der Waals surface area contributed by atoms with Crippen molar-refractivity contribution >= 4 is 35.3 Å². The van der Waals surface area contributed by atoms with Gasteiger partial charge in [-0.25, -0.2) is 4.79 Å². The first-order valence-electron chi connectivity index (χ1n) is 8.59. The van der Waals surface area contributed by atoms with Crippen LogP contribution in [0.2, 0.25) is 5.02 Å². The van der Waals surface area contributed by atoms with E-state index in [9.17, 15) is 19.2 Å². The molecule has 2 atom stereocenters. The molecule has 2 heterocycles. The zero-order chi connectivity index (χ0) is 20.0. The lowest BCUT2D eigenvalue weighted by atomic mass is 9.94. The van der Waals surface area contributed by atoms with E-state index < -0.39 is 29.7 Å². The summed E-state index contributed by atoms with van der Waals surface area (Å²) < 4.78 is 0. The van der Waals surface area contributed by atoms with Crippen molar-refractivity contribution in [2.45, 2.75) is 12.5 Å². The van der Waals surface area contributed by atoms with Crippen molar-refractivity contribution in [3.8, 4) is 0 Å². The molecule has 0 aromatic heterocycles. The second-order valence-corrected chi connectivity index (χ2v) is 7.11. The van der Waals surface area contributed by atoms with Crippen molar-refractivity contribution in [2.75, 3.05) is 7.05 Å². The van der Waals surface area contributed by atoms with Crippen molar-refractivity contribution in [1.29, 1.82) is 0 Å². The number of rotatable bonds is 3. The third-order valence-corrected chi connectivity index (χ3v) is 5.25. The Kier molecular flexibility index (Phi) is 4.39. The minimum atomic E-state index is -0.875. The molecule has 2 unspecified atom stereocenters. The van der Waals surface area contributed by atoms with E-state index in [0.29, 0.717) is 15.6 Å². The molecule has 8 heteroatoms. The van der Waals surface area contributed by atoms with Crippen LogP contribution < -0.4 is 0 Å². The fourth-order valence-corrected chi connectivity index (χ4v) is 3.83. The summed E-state index contributed by atoms with van der Waals surface area (Å²) in [5, 5.41) is 0.933. The van der Waals surface area contributed by atoms with Gasteiger partial charge in [-0.1, -0.05) is 40.9 Å². The van der Waals surface area contributed by atoms with Gasteiger partial charge in [-0.05, 0) is 29.8 Å². The Balaban J connectivity index is 1.60. The zero-order valence-electron chi connectivity index (χ0n) is 14.8. The maximum Gasteiger partial charge on any atom is 0.339 e. The van der Waals surface area contributed by atoms with E-state index in [1.165, 1.54) is 17.0 Å². The number of fused-ring (bicyclic) bond motifs is 1. The van der Waals surface area contributed by atoms with Crippen molar-refractivity contribution in [3.05, 3.63) is 70.2 Å². The van der Waals surface area contributed by atoms with Gasteiger partial charge in [-0.15, -0.1) is 0 Å². The van der Waals surface area contributed by atoms with Crippen molar-refractivity contribution < 1.29 is 24.0 Å². The van der Waals surface area contributed by atoms with Gasteiger partial charge in [0.2, 0.25) is 5.91 Å². The highest BCUT2D eigenvalue weighted by atomic mass is 35.5. The van der Waals surface area contributed by atoms with Gasteiger partial charge in [0.15, 0.2) is 0 Å². The quantitative estimate of drug-likeness (QED) is 0.742. The Morgan fingerprint density at radius 1 is 1.04 bits per heavy atom. The SMILES string of the molecule is CN1C(=O)CC(C(=O)ON2C(=O)c3ccccc3C2=O)C1c1cccc(Cl)c1. The first-order chi connectivity index (χ1) is 13.4. The van der Waals surface area contributed by atoms with E-state index >= 15 is 0 Å². The van der Waals surface area contributed by atoms with E-state index in [2.05, 4.69) is 0 Å². The summed E-state index contributed by atoms with van der Waals surface area (Å²) in [4.78, 5) is 56.5. The Hall–Kier alpha value is -3.19. The zero-order valence-corrected chi connectivity index (χ0v) is 15.6. The molecule has 0 saturated carbocycles. The molecule has 2 aromatic rings. The molecule has 4 rings (SSSR count). The molecule has 7 nitrogen and oxygen atoms in total. The molecule has 0 bridgehead atoms. The summed E-state index contributed by atoms with van der Waals surface area (Å²) >= 11 is 6.04. The van der Waals surface area contributed by atoms with Crippen LogP contribution in [-0.2, 0) is 14.4 Å². The number of hydroxylamine groups is 2. The van der Waals surface area contributed by atoms with Gasteiger partial charge in [0.25, 0.3) is 11.8 Å². The summed E-state index contributed by atoms with van der Waals surface area (Å²) in [5.74, 6) is -3.34. The number of benzene rings is 2. The predicted octanol–water partition coefficient (Wildman–Crippen LogP) is 2.61. The molecule has 0 aliphatic carbocycles. The fraction of sp³-hybridized carbons (Fsp3) is 0.200. The Bertz CT molecular complexity index is 986. The molecule has 0 spiro atoms. The second kappa shape index (κ2) is 6.76. The molecular weight excluding hydrogens is 384 g/mol. The molecule has 2 aliphatic rings. The predicted molar refractivity (Wildman–Crippen MR) is 98.1 cm³/mol. The van der Waals surface area contributed by atoms with Crippen LogP contribution >= 0.6 is 11.6 Å². The Morgan fingerprint density at radius 3 is 2.29 bits per heavy atom. The average Bonchev–Trinajstić information content (AvgIpc) is 3.11. The summed E-state index contributed by atoms with van der Waals surface area (Å²) in [6.07, 6.45) is -0.0876. The third-order valence-electron chi connectivity index (χ3n) is 5.02. The van der Waals surface area contributed by atoms with Gasteiger partial charge in [0.05, 0.1) is 23.1 Å². The van der Waals surface area contributed by atoms with E-state index in [-0.39, 0.29) is 23.5 Å². The molecule has 28 heavy (non-hydrogen) atoms. The van der Waals surface area contributed by atoms with E-state index in [4.69, 9.17) is 16.4 Å². The molecule has 2 aromatic carbocycles. The van der Waals surface area contributed by atoms with Gasteiger partial charge in [0.1, 0.15) is 0 Å². The van der Waals surface area contributed by atoms with E-state index in [1.54, 1.807) is 43.4 Å². The standard InChI is InChI=1S/C20H15ClN2O5/c1-22-16(24)10-15(17(22)11-5-4-6-12(21)9-11)20(27)28-23-18(25)13-7-2-3-8-14(13)19(23)26/h2-9,15,17H,10H2,1H3. The number of carbonyl (C=O) groups excluding carboxylic acids is 4. The highest BCUT2D eigenvalue weighted by molar-refractivity contribution is 6.30. The minimum absolute atomic E-state index is 0.0876.